The molecule has 2 fully saturated rings. The van der Waals surface area contributed by atoms with Gasteiger partial charge in [0.2, 0.25) is 0 Å². The summed E-state index contributed by atoms with van der Waals surface area (Å²) >= 11 is 0. The van der Waals surface area contributed by atoms with Crippen LogP contribution < -0.4 is 0 Å². The summed E-state index contributed by atoms with van der Waals surface area (Å²) in [7, 11) is 4.36. The predicted molar refractivity (Wildman–Crippen MR) is 80.4 cm³/mol. The lowest BCUT2D eigenvalue weighted by molar-refractivity contribution is 0.257. The zero-order valence-electron chi connectivity index (χ0n) is 13.1. The third-order valence-electron chi connectivity index (χ3n) is 4.67. The van der Waals surface area contributed by atoms with Crippen molar-refractivity contribution in [3.8, 4) is 0 Å². The standard InChI is InChI=1S/C16H26N4/c1-11(2)16-17-5-12(6-18-16)7-20-9-14-13(8-19(3)4)15(14)10-20/h5-6,11,13-15H,7-10H2,1-4H3/t13?,14-,15+. The molecule has 3 atom stereocenters. The number of nitrogens with zero attached hydrogens (tertiary/aromatic N) is 4. The van der Waals surface area contributed by atoms with E-state index in [-0.39, 0.29) is 0 Å². The van der Waals surface area contributed by atoms with Crippen LogP contribution in [0.3, 0.4) is 0 Å². The van der Waals surface area contributed by atoms with Gasteiger partial charge in [-0.05, 0) is 31.8 Å². The van der Waals surface area contributed by atoms with Crippen LogP contribution in [0.4, 0.5) is 0 Å². The van der Waals surface area contributed by atoms with Crippen molar-refractivity contribution in [3.05, 3.63) is 23.8 Å². The molecule has 3 rings (SSSR count). The smallest absolute Gasteiger partial charge is 0.130 e. The third-order valence-corrected chi connectivity index (χ3v) is 4.67. The van der Waals surface area contributed by atoms with E-state index < -0.39 is 0 Å². The molecule has 0 bridgehead atoms. The number of rotatable bonds is 5. The average Bonchev–Trinajstić information content (AvgIpc) is 2.85. The Balaban J connectivity index is 1.49. The molecule has 1 aromatic rings. The first-order valence-corrected chi connectivity index (χ1v) is 7.72. The van der Waals surface area contributed by atoms with Crippen LogP contribution in [0, 0.1) is 17.8 Å². The maximum Gasteiger partial charge on any atom is 0.130 e. The van der Waals surface area contributed by atoms with Crippen molar-refractivity contribution in [1.82, 2.24) is 19.8 Å². The van der Waals surface area contributed by atoms with E-state index >= 15 is 0 Å². The van der Waals surface area contributed by atoms with Gasteiger partial charge in [0.25, 0.3) is 0 Å². The molecule has 1 aliphatic heterocycles. The minimum absolute atomic E-state index is 0.412. The molecule has 1 saturated heterocycles. The summed E-state index contributed by atoms with van der Waals surface area (Å²) in [5.74, 6) is 4.18. The Kier molecular flexibility index (Phi) is 3.78. The molecule has 0 amide bonds. The first-order chi connectivity index (χ1) is 9.54. The summed E-state index contributed by atoms with van der Waals surface area (Å²) in [6.45, 7) is 9.06. The molecule has 1 unspecified atom stereocenters. The summed E-state index contributed by atoms with van der Waals surface area (Å²) in [5.41, 5.74) is 1.25. The lowest BCUT2D eigenvalue weighted by Gasteiger charge is -2.20. The Morgan fingerprint density at radius 1 is 1.20 bits per heavy atom. The molecule has 1 aromatic heterocycles. The largest absolute Gasteiger partial charge is 0.309 e. The Bertz CT molecular complexity index is 442. The van der Waals surface area contributed by atoms with Crippen LogP contribution in [0.2, 0.25) is 0 Å². The van der Waals surface area contributed by atoms with Gasteiger partial charge in [-0.25, -0.2) is 9.97 Å². The maximum absolute atomic E-state index is 4.46. The van der Waals surface area contributed by atoms with Crippen LogP contribution in [-0.4, -0.2) is 53.5 Å². The third kappa shape index (κ3) is 2.86. The van der Waals surface area contributed by atoms with Gasteiger partial charge in [-0.15, -0.1) is 0 Å². The fourth-order valence-corrected chi connectivity index (χ4v) is 3.56. The summed E-state index contributed by atoms with van der Waals surface area (Å²) in [6, 6.07) is 0. The molecule has 20 heavy (non-hydrogen) atoms. The van der Waals surface area contributed by atoms with Crippen molar-refractivity contribution >= 4 is 0 Å². The monoisotopic (exact) mass is 274 g/mol. The van der Waals surface area contributed by atoms with Gasteiger partial charge in [0.05, 0.1) is 0 Å². The second kappa shape index (κ2) is 5.41. The first kappa shape index (κ1) is 14.0. The van der Waals surface area contributed by atoms with Gasteiger partial charge < -0.3 is 4.90 Å². The van der Waals surface area contributed by atoms with Crippen molar-refractivity contribution in [2.24, 2.45) is 17.8 Å². The molecule has 1 aliphatic carbocycles. The highest BCUT2D eigenvalue weighted by molar-refractivity contribution is 5.10. The van der Waals surface area contributed by atoms with E-state index in [1.807, 2.05) is 12.4 Å². The Hall–Kier alpha value is -1.00. The molecule has 1 saturated carbocycles. The van der Waals surface area contributed by atoms with Crippen LogP contribution in [-0.2, 0) is 6.54 Å². The summed E-state index contributed by atoms with van der Waals surface area (Å²) in [5, 5.41) is 0. The van der Waals surface area contributed by atoms with Crippen LogP contribution >= 0.6 is 0 Å². The molecule has 4 heteroatoms. The highest BCUT2D eigenvalue weighted by Gasteiger charge is 2.54. The molecule has 110 valence electrons. The predicted octanol–water partition coefficient (Wildman–Crippen LogP) is 1.84. The quantitative estimate of drug-likeness (QED) is 0.820. The number of likely N-dealkylation sites (tertiary alicyclic amines) is 1. The van der Waals surface area contributed by atoms with E-state index in [0.29, 0.717) is 5.92 Å². The van der Waals surface area contributed by atoms with Gasteiger partial charge in [-0.3, -0.25) is 4.90 Å². The molecule has 0 N–H and O–H groups in total. The van der Waals surface area contributed by atoms with E-state index in [1.165, 1.54) is 25.2 Å². The van der Waals surface area contributed by atoms with E-state index in [9.17, 15) is 0 Å². The summed E-state index contributed by atoms with van der Waals surface area (Å²) in [4.78, 5) is 13.8. The maximum atomic E-state index is 4.46. The topological polar surface area (TPSA) is 32.3 Å². The SMILES string of the molecule is CC(C)c1ncc(CN2C[C@@H]3C(CN(C)C)[C@@H]3C2)cn1. The van der Waals surface area contributed by atoms with Crippen molar-refractivity contribution in [2.75, 3.05) is 33.7 Å². The van der Waals surface area contributed by atoms with E-state index in [4.69, 9.17) is 0 Å². The lowest BCUT2D eigenvalue weighted by atomic mass is 10.2. The second-order valence-electron chi connectivity index (χ2n) is 7.05. The van der Waals surface area contributed by atoms with Crippen molar-refractivity contribution in [3.63, 3.8) is 0 Å². The summed E-state index contributed by atoms with van der Waals surface area (Å²) < 4.78 is 0. The van der Waals surface area contributed by atoms with Crippen molar-refractivity contribution in [1.29, 1.82) is 0 Å². The van der Waals surface area contributed by atoms with Gasteiger partial charge >= 0.3 is 0 Å². The van der Waals surface area contributed by atoms with Crippen LogP contribution in [0.25, 0.3) is 0 Å². The molecule has 0 spiro atoms. The van der Waals surface area contributed by atoms with Gasteiger partial charge in [-0.2, -0.15) is 0 Å². The van der Waals surface area contributed by atoms with Gasteiger partial charge in [0.1, 0.15) is 5.82 Å². The lowest BCUT2D eigenvalue weighted by Crippen LogP contribution is -2.27. The number of hydrogen-bond acceptors (Lipinski definition) is 4. The zero-order valence-corrected chi connectivity index (χ0v) is 13.1. The molecular formula is C16H26N4. The fraction of sp³-hybridized carbons (Fsp3) is 0.750. The van der Waals surface area contributed by atoms with Gasteiger partial charge in [0.15, 0.2) is 0 Å². The van der Waals surface area contributed by atoms with Gasteiger partial charge in [-0.1, -0.05) is 13.8 Å². The summed E-state index contributed by atoms with van der Waals surface area (Å²) in [6.07, 6.45) is 4.01. The fourth-order valence-electron chi connectivity index (χ4n) is 3.56. The number of aromatic nitrogens is 2. The minimum Gasteiger partial charge on any atom is -0.309 e. The van der Waals surface area contributed by atoms with Crippen LogP contribution in [0.5, 0.6) is 0 Å². The highest BCUT2D eigenvalue weighted by atomic mass is 15.2. The van der Waals surface area contributed by atoms with Crippen molar-refractivity contribution < 1.29 is 0 Å². The normalized spacial score (nSPS) is 29.2. The van der Waals surface area contributed by atoms with E-state index in [1.54, 1.807) is 0 Å². The van der Waals surface area contributed by atoms with E-state index in [2.05, 4.69) is 47.7 Å². The van der Waals surface area contributed by atoms with Crippen LogP contribution in [0.15, 0.2) is 12.4 Å². The average molecular weight is 274 g/mol. The van der Waals surface area contributed by atoms with Crippen molar-refractivity contribution in [2.45, 2.75) is 26.3 Å². The Morgan fingerprint density at radius 2 is 1.80 bits per heavy atom. The minimum atomic E-state index is 0.412. The Labute approximate surface area is 122 Å². The molecule has 4 nitrogen and oxygen atoms in total. The van der Waals surface area contributed by atoms with Gasteiger partial charge in [0, 0.05) is 50.1 Å². The molecule has 2 aliphatic rings. The Morgan fingerprint density at radius 3 is 2.30 bits per heavy atom. The van der Waals surface area contributed by atoms with Crippen LogP contribution in [0.1, 0.15) is 31.2 Å². The molecule has 0 aromatic carbocycles. The number of fused-ring (bicyclic) bond motifs is 1. The molecule has 0 radical (unpaired) electrons. The number of hydrogen-bond donors (Lipinski definition) is 0. The second-order valence-corrected chi connectivity index (χ2v) is 7.05. The zero-order chi connectivity index (χ0) is 14.3. The first-order valence-electron chi connectivity index (χ1n) is 7.72. The van der Waals surface area contributed by atoms with E-state index in [0.717, 1.165) is 30.1 Å². The molecular weight excluding hydrogens is 248 g/mol. The number of piperidine rings is 1. The molecule has 2 heterocycles. The highest BCUT2D eigenvalue weighted by Crippen LogP contribution is 2.51.